The molecule has 0 amide bonds. The molecule has 0 spiro atoms. The highest BCUT2D eigenvalue weighted by Gasteiger charge is 2.29. The second-order valence-corrected chi connectivity index (χ2v) is 7.07. The van der Waals surface area contributed by atoms with Gasteiger partial charge in [0, 0.05) is 24.8 Å². The maximum Gasteiger partial charge on any atom is 0.253 e. The molecule has 5 nitrogen and oxygen atoms in total. The first-order valence-electron chi connectivity index (χ1n) is 7.02. The molecule has 2 atom stereocenters. The van der Waals surface area contributed by atoms with Gasteiger partial charge in [-0.15, -0.1) is 4.83 Å². The number of nitrogens with one attached hydrogen (secondary N) is 2. The van der Waals surface area contributed by atoms with Crippen molar-refractivity contribution in [2.45, 2.75) is 50.1 Å². The van der Waals surface area contributed by atoms with Crippen LogP contribution in [0.1, 0.15) is 33.1 Å². The normalized spacial score (nSPS) is 24.6. The third kappa shape index (κ3) is 3.31. The van der Waals surface area contributed by atoms with Crippen molar-refractivity contribution in [3.8, 4) is 0 Å². The molecule has 6 heteroatoms. The van der Waals surface area contributed by atoms with Crippen LogP contribution in [0.25, 0.3) is 0 Å². The Kier molecular flexibility index (Phi) is 4.67. The first kappa shape index (κ1) is 15.3. The fourth-order valence-electron chi connectivity index (χ4n) is 2.59. The Hall–Kier alpha value is -1.11. The third-order valence-corrected chi connectivity index (χ3v) is 5.22. The van der Waals surface area contributed by atoms with Crippen molar-refractivity contribution in [3.05, 3.63) is 24.3 Å². The van der Waals surface area contributed by atoms with E-state index >= 15 is 0 Å². The van der Waals surface area contributed by atoms with E-state index in [1.807, 2.05) is 5.01 Å². The lowest BCUT2D eigenvalue weighted by atomic mass is 10.0. The minimum absolute atomic E-state index is 0.227. The van der Waals surface area contributed by atoms with Crippen molar-refractivity contribution in [1.29, 1.82) is 0 Å². The molecule has 1 aliphatic rings. The Morgan fingerprint density at radius 1 is 1.10 bits per heavy atom. The molecule has 112 valence electrons. The van der Waals surface area contributed by atoms with Gasteiger partial charge < -0.3 is 5.32 Å². The molecule has 1 aliphatic heterocycles. The van der Waals surface area contributed by atoms with Gasteiger partial charge in [0.2, 0.25) is 0 Å². The fraction of sp³-hybridized carbons (Fsp3) is 0.571. The van der Waals surface area contributed by atoms with E-state index in [2.05, 4.69) is 24.0 Å². The molecule has 0 saturated carbocycles. The van der Waals surface area contributed by atoms with Crippen LogP contribution in [0.2, 0.25) is 0 Å². The third-order valence-electron chi connectivity index (χ3n) is 3.87. The number of anilines is 1. The lowest BCUT2D eigenvalue weighted by Gasteiger charge is -2.38. The summed E-state index contributed by atoms with van der Waals surface area (Å²) in [6.07, 6.45) is 3.19. The number of benzene rings is 1. The highest BCUT2D eigenvalue weighted by molar-refractivity contribution is 7.89. The molecule has 20 heavy (non-hydrogen) atoms. The van der Waals surface area contributed by atoms with E-state index in [1.54, 1.807) is 31.3 Å². The smallest absolute Gasteiger partial charge is 0.253 e. The zero-order valence-corrected chi connectivity index (χ0v) is 13.1. The molecule has 2 N–H and O–H groups in total. The number of hydrazine groups is 1. The van der Waals surface area contributed by atoms with Gasteiger partial charge in [0.1, 0.15) is 0 Å². The van der Waals surface area contributed by atoms with Crippen LogP contribution in [-0.4, -0.2) is 32.6 Å². The van der Waals surface area contributed by atoms with Crippen LogP contribution in [0.4, 0.5) is 5.69 Å². The summed E-state index contributed by atoms with van der Waals surface area (Å²) in [7, 11) is -1.70. The van der Waals surface area contributed by atoms with Crippen LogP contribution in [0, 0.1) is 0 Å². The van der Waals surface area contributed by atoms with Gasteiger partial charge in [-0.1, -0.05) is 6.42 Å². The van der Waals surface area contributed by atoms with Crippen LogP contribution in [0.15, 0.2) is 29.2 Å². The molecule has 0 aliphatic carbocycles. The number of hydrogen-bond acceptors (Lipinski definition) is 4. The van der Waals surface area contributed by atoms with E-state index in [1.165, 1.54) is 0 Å². The topological polar surface area (TPSA) is 61.4 Å². The van der Waals surface area contributed by atoms with E-state index in [4.69, 9.17) is 0 Å². The summed E-state index contributed by atoms with van der Waals surface area (Å²) in [6.45, 7) is 4.12. The van der Waals surface area contributed by atoms with Gasteiger partial charge in [0.25, 0.3) is 10.0 Å². The van der Waals surface area contributed by atoms with Gasteiger partial charge in [0.15, 0.2) is 0 Å². The van der Waals surface area contributed by atoms with E-state index in [0.717, 1.165) is 24.9 Å². The van der Waals surface area contributed by atoms with E-state index in [0.29, 0.717) is 4.90 Å². The molecule has 1 heterocycles. The standard InChI is InChI=1S/C14H23N3O2S/c1-11-5-4-6-12(2)17(11)16-20(18,19)14-9-7-13(15-3)8-10-14/h7-12,15-16H,4-6H2,1-3H3. The summed E-state index contributed by atoms with van der Waals surface area (Å²) >= 11 is 0. The van der Waals surface area contributed by atoms with Crippen LogP contribution in [-0.2, 0) is 10.0 Å². The minimum Gasteiger partial charge on any atom is -0.388 e. The highest BCUT2D eigenvalue weighted by Crippen LogP contribution is 2.22. The maximum absolute atomic E-state index is 12.4. The second kappa shape index (κ2) is 6.11. The largest absolute Gasteiger partial charge is 0.388 e. The lowest BCUT2D eigenvalue weighted by molar-refractivity contribution is 0.0790. The Morgan fingerprint density at radius 3 is 2.15 bits per heavy atom. The summed E-state index contributed by atoms with van der Waals surface area (Å²) in [5.74, 6) is 0. The zero-order valence-electron chi connectivity index (χ0n) is 12.3. The van der Waals surface area contributed by atoms with Gasteiger partial charge in [-0.25, -0.2) is 13.4 Å². The van der Waals surface area contributed by atoms with Crippen molar-refractivity contribution in [2.24, 2.45) is 0 Å². The molecule has 0 aromatic heterocycles. The molecule has 1 fully saturated rings. The molecule has 0 radical (unpaired) electrons. The predicted octanol–water partition coefficient (Wildman–Crippen LogP) is 2.18. The number of hydrogen-bond donors (Lipinski definition) is 2. The van der Waals surface area contributed by atoms with E-state index in [9.17, 15) is 8.42 Å². The predicted molar refractivity (Wildman–Crippen MR) is 80.9 cm³/mol. The molecular weight excluding hydrogens is 274 g/mol. The molecule has 2 unspecified atom stereocenters. The molecule has 0 bridgehead atoms. The van der Waals surface area contributed by atoms with Crippen molar-refractivity contribution in [2.75, 3.05) is 12.4 Å². The van der Waals surface area contributed by atoms with E-state index in [-0.39, 0.29) is 12.1 Å². The quantitative estimate of drug-likeness (QED) is 0.894. The van der Waals surface area contributed by atoms with Gasteiger partial charge in [-0.2, -0.15) is 0 Å². The Morgan fingerprint density at radius 2 is 1.65 bits per heavy atom. The van der Waals surface area contributed by atoms with Crippen molar-refractivity contribution >= 4 is 15.7 Å². The molecular formula is C14H23N3O2S. The SMILES string of the molecule is CNc1ccc(S(=O)(=O)NN2C(C)CCCC2C)cc1. The Bertz CT molecular complexity index is 532. The van der Waals surface area contributed by atoms with Crippen molar-refractivity contribution < 1.29 is 8.42 Å². The second-order valence-electron chi connectivity index (χ2n) is 5.41. The van der Waals surface area contributed by atoms with Gasteiger partial charge in [-0.3, -0.25) is 0 Å². The van der Waals surface area contributed by atoms with Crippen molar-refractivity contribution in [1.82, 2.24) is 9.84 Å². The van der Waals surface area contributed by atoms with Crippen LogP contribution in [0.5, 0.6) is 0 Å². The Labute approximate surface area is 121 Å². The summed E-state index contributed by atoms with van der Waals surface area (Å²) < 4.78 is 24.8. The number of rotatable bonds is 4. The molecule has 2 rings (SSSR count). The monoisotopic (exact) mass is 297 g/mol. The maximum atomic E-state index is 12.4. The van der Waals surface area contributed by atoms with Crippen molar-refractivity contribution in [3.63, 3.8) is 0 Å². The van der Waals surface area contributed by atoms with Gasteiger partial charge in [0.05, 0.1) is 4.90 Å². The molecule has 1 aromatic rings. The van der Waals surface area contributed by atoms with Crippen LogP contribution >= 0.6 is 0 Å². The average molecular weight is 297 g/mol. The number of piperidine rings is 1. The molecule has 1 saturated heterocycles. The summed E-state index contributed by atoms with van der Waals surface area (Å²) in [5.41, 5.74) is 0.892. The summed E-state index contributed by atoms with van der Waals surface area (Å²) in [4.78, 5) is 3.03. The summed E-state index contributed by atoms with van der Waals surface area (Å²) in [5, 5.41) is 4.84. The van der Waals surface area contributed by atoms with E-state index < -0.39 is 10.0 Å². The highest BCUT2D eigenvalue weighted by atomic mass is 32.2. The summed E-state index contributed by atoms with van der Waals surface area (Å²) in [6, 6.07) is 7.21. The van der Waals surface area contributed by atoms with Gasteiger partial charge in [-0.05, 0) is 51.0 Å². The number of nitrogens with zero attached hydrogens (tertiary/aromatic N) is 1. The first-order valence-corrected chi connectivity index (χ1v) is 8.51. The van der Waals surface area contributed by atoms with Gasteiger partial charge >= 0.3 is 0 Å². The Balaban J connectivity index is 2.17. The fourth-order valence-corrected chi connectivity index (χ4v) is 3.83. The minimum atomic E-state index is -3.50. The number of sulfonamides is 1. The molecule has 1 aromatic carbocycles. The lowest BCUT2D eigenvalue weighted by Crippen LogP contribution is -2.53. The average Bonchev–Trinajstić information content (AvgIpc) is 2.43. The van der Waals surface area contributed by atoms with Crippen LogP contribution in [0.3, 0.4) is 0 Å². The zero-order chi connectivity index (χ0) is 14.8. The first-order chi connectivity index (χ1) is 9.44. The van der Waals surface area contributed by atoms with Crippen LogP contribution < -0.4 is 10.1 Å².